The Kier molecular flexibility index (Phi) is 10.2. The van der Waals surface area contributed by atoms with Crippen LogP contribution in [0.5, 0.6) is 0 Å². The van der Waals surface area contributed by atoms with Crippen LogP contribution in [0.3, 0.4) is 0 Å². The summed E-state index contributed by atoms with van der Waals surface area (Å²) in [5.74, 6) is 0. The van der Waals surface area contributed by atoms with Gasteiger partial charge in [0.2, 0.25) is 0 Å². The molecule has 13 aromatic rings. The van der Waals surface area contributed by atoms with E-state index in [0.29, 0.717) is 0 Å². The molecule has 0 atom stereocenters. The summed E-state index contributed by atoms with van der Waals surface area (Å²) in [7, 11) is 0. The van der Waals surface area contributed by atoms with Gasteiger partial charge in [0.25, 0.3) is 0 Å². The van der Waals surface area contributed by atoms with E-state index in [1.54, 1.807) is 0 Å². The predicted molar refractivity (Wildman–Crippen MR) is 320 cm³/mol. The van der Waals surface area contributed by atoms with Gasteiger partial charge in [0, 0.05) is 16.8 Å². The number of rotatable bonds is 9. The van der Waals surface area contributed by atoms with E-state index in [0.717, 1.165) is 28.2 Å². The van der Waals surface area contributed by atoms with Gasteiger partial charge in [-0.3, -0.25) is 0 Å². The van der Waals surface area contributed by atoms with Crippen LogP contribution in [0.4, 0.5) is 17.1 Å². The summed E-state index contributed by atoms with van der Waals surface area (Å²) in [6.07, 6.45) is 0. The fourth-order valence-corrected chi connectivity index (χ4v) is 13.2. The van der Waals surface area contributed by atoms with Crippen molar-refractivity contribution >= 4 is 38.6 Å². The van der Waals surface area contributed by atoms with Crippen LogP contribution in [0.25, 0.3) is 99.4 Å². The van der Waals surface area contributed by atoms with Crippen LogP contribution < -0.4 is 4.90 Å². The monoisotopic (exact) mass is 963 g/mol. The van der Waals surface area contributed by atoms with Gasteiger partial charge in [0.05, 0.1) is 16.8 Å². The van der Waals surface area contributed by atoms with E-state index < -0.39 is 5.41 Å². The minimum Gasteiger partial charge on any atom is -0.309 e. The lowest BCUT2D eigenvalue weighted by molar-refractivity contribution is 0.769. The Morgan fingerprint density at radius 3 is 1.16 bits per heavy atom. The number of para-hydroxylation sites is 2. The maximum Gasteiger partial charge on any atom is 0.0714 e. The number of benzene rings is 13. The second kappa shape index (κ2) is 17.7. The molecule has 0 unspecified atom stereocenters. The highest BCUT2D eigenvalue weighted by Crippen LogP contribution is 2.65. The largest absolute Gasteiger partial charge is 0.309 e. The molecule has 0 bridgehead atoms. The van der Waals surface area contributed by atoms with Crippen molar-refractivity contribution in [2.24, 2.45) is 0 Å². The lowest BCUT2D eigenvalue weighted by Crippen LogP contribution is -2.29. The zero-order chi connectivity index (χ0) is 50.2. The molecule has 15 rings (SSSR count). The van der Waals surface area contributed by atoms with Gasteiger partial charge in [-0.25, -0.2) is 0 Å². The van der Waals surface area contributed by atoms with Gasteiger partial charge >= 0.3 is 0 Å². The Morgan fingerprint density at radius 2 is 0.645 bits per heavy atom. The molecular weight excluding hydrogens is 915 g/mol. The zero-order valence-corrected chi connectivity index (χ0v) is 41.7. The summed E-state index contributed by atoms with van der Waals surface area (Å²) < 4.78 is 0. The summed E-state index contributed by atoms with van der Waals surface area (Å²) in [4.78, 5) is 2.51. The van der Waals surface area contributed by atoms with E-state index in [1.807, 2.05) is 0 Å². The van der Waals surface area contributed by atoms with E-state index in [2.05, 4.69) is 302 Å². The number of hydrogen-bond acceptors (Lipinski definition) is 1. The Bertz CT molecular complexity index is 4230. The first-order chi connectivity index (χ1) is 37.8. The molecule has 13 aromatic carbocycles. The highest BCUT2D eigenvalue weighted by atomic mass is 15.1. The third kappa shape index (κ3) is 6.52. The Morgan fingerprint density at radius 1 is 0.237 bits per heavy atom. The minimum atomic E-state index is -0.720. The van der Waals surface area contributed by atoms with Gasteiger partial charge in [-0.05, 0) is 141 Å². The SMILES string of the molecule is c1ccc(-c2ccccc2N(c2ccc3c(c2)C(c2ccccc2)(c2ccccc2)c2cc4c5c(cccc5c2-3)-c2c-4c(-c3ccccc3)c3ccccc3c2-c2ccccc2)c2ccccc2-c2ccccc2)cc1. The predicted octanol–water partition coefficient (Wildman–Crippen LogP) is 20.1. The lowest BCUT2D eigenvalue weighted by atomic mass is 9.67. The zero-order valence-electron chi connectivity index (χ0n) is 41.7. The number of nitrogens with zero attached hydrogens (tertiary/aromatic N) is 1. The van der Waals surface area contributed by atoms with E-state index in [9.17, 15) is 0 Å². The van der Waals surface area contributed by atoms with E-state index in [1.165, 1.54) is 111 Å². The molecule has 0 heterocycles. The topological polar surface area (TPSA) is 3.24 Å². The van der Waals surface area contributed by atoms with Gasteiger partial charge in [-0.1, -0.05) is 267 Å². The van der Waals surface area contributed by atoms with Crippen molar-refractivity contribution in [3.63, 3.8) is 0 Å². The first-order valence-corrected chi connectivity index (χ1v) is 26.4. The van der Waals surface area contributed by atoms with E-state index in [4.69, 9.17) is 0 Å². The fourth-order valence-electron chi connectivity index (χ4n) is 13.2. The molecule has 354 valence electrons. The van der Waals surface area contributed by atoms with Crippen LogP contribution in [0.1, 0.15) is 22.3 Å². The quantitative estimate of drug-likeness (QED) is 0.139. The van der Waals surface area contributed by atoms with E-state index >= 15 is 0 Å². The van der Waals surface area contributed by atoms with Gasteiger partial charge in [-0.15, -0.1) is 0 Å². The molecule has 0 fully saturated rings. The highest BCUT2D eigenvalue weighted by molar-refractivity contribution is 6.29. The smallest absolute Gasteiger partial charge is 0.0714 e. The van der Waals surface area contributed by atoms with Crippen LogP contribution in [0.2, 0.25) is 0 Å². The van der Waals surface area contributed by atoms with Gasteiger partial charge in [0.15, 0.2) is 0 Å². The maximum absolute atomic E-state index is 2.62. The van der Waals surface area contributed by atoms with Crippen molar-refractivity contribution in [1.82, 2.24) is 0 Å². The van der Waals surface area contributed by atoms with Crippen LogP contribution in [0, 0.1) is 0 Å². The fraction of sp³-hybridized carbons (Fsp3) is 0.0133. The van der Waals surface area contributed by atoms with Crippen molar-refractivity contribution in [2.45, 2.75) is 5.41 Å². The van der Waals surface area contributed by atoms with Crippen LogP contribution in [-0.2, 0) is 5.41 Å². The second-order valence-corrected chi connectivity index (χ2v) is 20.2. The van der Waals surface area contributed by atoms with Crippen molar-refractivity contribution in [1.29, 1.82) is 0 Å². The van der Waals surface area contributed by atoms with Crippen molar-refractivity contribution in [3.8, 4) is 77.9 Å². The van der Waals surface area contributed by atoms with E-state index in [-0.39, 0.29) is 0 Å². The summed E-state index contributed by atoms with van der Waals surface area (Å²) in [5, 5.41) is 5.09. The highest BCUT2D eigenvalue weighted by Gasteiger charge is 2.48. The van der Waals surface area contributed by atoms with Gasteiger partial charge in [0.1, 0.15) is 0 Å². The molecule has 0 aromatic heterocycles. The van der Waals surface area contributed by atoms with Crippen LogP contribution >= 0.6 is 0 Å². The molecule has 0 amide bonds. The molecule has 2 aliphatic carbocycles. The average molecular weight is 964 g/mol. The van der Waals surface area contributed by atoms with Crippen LogP contribution in [0.15, 0.2) is 297 Å². The molecule has 0 N–H and O–H groups in total. The maximum atomic E-state index is 2.62. The molecule has 1 nitrogen and oxygen atoms in total. The number of fused-ring (bicyclic) bond motifs is 8. The summed E-state index contributed by atoms with van der Waals surface area (Å²) in [6, 6.07) is 110. The Labute approximate surface area is 443 Å². The van der Waals surface area contributed by atoms with Crippen molar-refractivity contribution in [3.05, 3.63) is 320 Å². The molecule has 0 saturated carbocycles. The van der Waals surface area contributed by atoms with Gasteiger partial charge < -0.3 is 4.90 Å². The first-order valence-electron chi connectivity index (χ1n) is 26.4. The first kappa shape index (κ1) is 43.7. The summed E-state index contributed by atoms with van der Waals surface area (Å²) >= 11 is 0. The van der Waals surface area contributed by atoms with Gasteiger partial charge in [-0.2, -0.15) is 0 Å². The summed E-state index contributed by atoms with van der Waals surface area (Å²) in [5.41, 5.74) is 24.9. The van der Waals surface area contributed by atoms with Crippen molar-refractivity contribution < 1.29 is 0 Å². The molecule has 1 heteroatoms. The molecular formula is C75H49N. The number of hydrogen-bond donors (Lipinski definition) is 0. The molecule has 0 saturated heterocycles. The standard InChI is InChI=1S/C75H49N/c1-7-26-50(27-8-1)57-38-21-23-44-67(57)76(68-45-24-22-39-58(68)51-28-9-2-10-29-51)56-46-47-61-65(48-56)75(54-34-15-5-16-35-54,55-36-17-6-18-37-55)66-49-64-71-62(72(61)66)42-25-43-63(71)73-69(52-30-11-3-12-31-52)59-40-19-20-41-60(59)70(74(64)73)53-32-13-4-14-33-53/h1-49H. The van der Waals surface area contributed by atoms with Crippen LogP contribution in [-0.4, -0.2) is 0 Å². The van der Waals surface area contributed by atoms with Crippen molar-refractivity contribution in [2.75, 3.05) is 4.90 Å². The minimum absolute atomic E-state index is 0.720. The molecule has 2 aliphatic rings. The number of anilines is 3. The third-order valence-electron chi connectivity index (χ3n) is 16.3. The lowest BCUT2D eigenvalue weighted by Gasteiger charge is -2.35. The molecule has 0 aliphatic heterocycles. The molecule has 76 heavy (non-hydrogen) atoms. The third-order valence-corrected chi connectivity index (χ3v) is 16.3. The molecule has 0 radical (unpaired) electrons. The average Bonchev–Trinajstić information content (AvgIpc) is 4.17. The molecule has 0 spiro atoms. The second-order valence-electron chi connectivity index (χ2n) is 20.2. The Hall–Kier alpha value is -9.82. The normalized spacial score (nSPS) is 12.6. The summed E-state index contributed by atoms with van der Waals surface area (Å²) in [6.45, 7) is 0. The Balaban J connectivity index is 1.08.